The molecule has 9 heteroatoms. The van der Waals surface area contributed by atoms with Gasteiger partial charge in [-0.05, 0) is 29.8 Å². The first-order chi connectivity index (χ1) is 12.2. The molecule has 0 aromatic heterocycles. The van der Waals surface area contributed by atoms with Gasteiger partial charge in [0.05, 0.1) is 10.5 Å². The Labute approximate surface area is 149 Å². The summed E-state index contributed by atoms with van der Waals surface area (Å²) in [5.41, 5.74) is -0.333. The van der Waals surface area contributed by atoms with E-state index in [1.54, 1.807) is 0 Å². The lowest BCUT2D eigenvalue weighted by molar-refractivity contribution is -0.137. The third kappa shape index (κ3) is 3.78. The minimum atomic E-state index is -4.43. The normalized spacial score (nSPS) is 14.5. The second-order valence-corrected chi connectivity index (χ2v) is 7.81. The Kier molecular flexibility index (Phi) is 4.85. The highest BCUT2D eigenvalue weighted by Crippen LogP contribution is 2.33. The number of benzene rings is 2. The van der Waals surface area contributed by atoms with Crippen molar-refractivity contribution in [1.82, 2.24) is 4.31 Å². The van der Waals surface area contributed by atoms with Crippen molar-refractivity contribution in [2.45, 2.75) is 17.6 Å². The first-order valence-corrected chi connectivity index (χ1v) is 9.14. The molecule has 0 atom stereocenters. The van der Waals surface area contributed by atoms with E-state index in [0.717, 1.165) is 16.4 Å². The molecule has 0 saturated heterocycles. The largest absolute Gasteiger partial charge is 0.486 e. The van der Waals surface area contributed by atoms with Crippen molar-refractivity contribution in [3.05, 3.63) is 53.6 Å². The van der Waals surface area contributed by atoms with Gasteiger partial charge in [0.1, 0.15) is 13.2 Å². The van der Waals surface area contributed by atoms with Gasteiger partial charge in [-0.2, -0.15) is 17.5 Å². The van der Waals surface area contributed by atoms with Crippen LogP contribution in [0.15, 0.2) is 47.4 Å². The summed E-state index contributed by atoms with van der Waals surface area (Å²) in [4.78, 5) is 0.0242. The predicted octanol–water partition coefficient (Wildman–Crippen LogP) is 3.30. The summed E-state index contributed by atoms with van der Waals surface area (Å²) in [7, 11) is -2.47. The molecule has 140 valence electrons. The Bertz CT molecular complexity index is 895. The lowest BCUT2D eigenvalue weighted by Gasteiger charge is -2.21. The molecule has 0 aliphatic carbocycles. The van der Waals surface area contributed by atoms with Crippen LogP contribution in [0, 0.1) is 0 Å². The topological polar surface area (TPSA) is 55.8 Å². The Morgan fingerprint density at radius 1 is 1.00 bits per heavy atom. The number of alkyl halides is 3. The van der Waals surface area contributed by atoms with Gasteiger partial charge in [-0.1, -0.05) is 12.1 Å². The maximum atomic E-state index is 12.7. The first-order valence-electron chi connectivity index (χ1n) is 7.70. The zero-order valence-electron chi connectivity index (χ0n) is 13.8. The molecule has 0 amide bonds. The van der Waals surface area contributed by atoms with E-state index >= 15 is 0 Å². The monoisotopic (exact) mass is 387 g/mol. The lowest BCUT2D eigenvalue weighted by Crippen LogP contribution is -2.27. The average Bonchev–Trinajstić information content (AvgIpc) is 2.61. The van der Waals surface area contributed by atoms with E-state index in [0.29, 0.717) is 30.3 Å². The van der Waals surface area contributed by atoms with Crippen LogP contribution in [0.5, 0.6) is 11.5 Å². The molecule has 1 aliphatic rings. The molecule has 0 unspecified atom stereocenters. The number of sulfonamides is 1. The van der Waals surface area contributed by atoms with Crippen molar-refractivity contribution in [2.24, 2.45) is 0 Å². The molecule has 26 heavy (non-hydrogen) atoms. The van der Waals surface area contributed by atoms with E-state index in [1.165, 1.54) is 37.4 Å². The summed E-state index contributed by atoms with van der Waals surface area (Å²) in [6.45, 7) is 0.666. The van der Waals surface area contributed by atoms with Crippen molar-refractivity contribution in [3.8, 4) is 11.5 Å². The fourth-order valence-electron chi connectivity index (χ4n) is 2.51. The minimum Gasteiger partial charge on any atom is -0.486 e. The molecule has 2 aromatic rings. The van der Waals surface area contributed by atoms with Crippen LogP contribution in [0.2, 0.25) is 0 Å². The predicted molar refractivity (Wildman–Crippen MR) is 87.5 cm³/mol. The van der Waals surface area contributed by atoms with Crippen LogP contribution in [0.4, 0.5) is 13.2 Å². The maximum Gasteiger partial charge on any atom is 0.416 e. The molecule has 0 spiro atoms. The van der Waals surface area contributed by atoms with Gasteiger partial charge in [-0.15, -0.1) is 0 Å². The van der Waals surface area contributed by atoms with Crippen molar-refractivity contribution < 1.29 is 31.1 Å². The summed E-state index contributed by atoms with van der Waals surface area (Å²) in [6.07, 6.45) is -4.43. The number of fused-ring (bicyclic) bond motifs is 1. The molecule has 1 aliphatic heterocycles. The molecule has 5 nitrogen and oxygen atoms in total. The highest BCUT2D eigenvalue weighted by atomic mass is 32.2. The van der Waals surface area contributed by atoms with Crippen LogP contribution in [-0.2, 0) is 22.7 Å². The third-order valence-electron chi connectivity index (χ3n) is 3.91. The minimum absolute atomic E-state index is 0.0242. The molecule has 0 bridgehead atoms. The van der Waals surface area contributed by atoms with Crippen LogP contribution in [0.3, 0.4) is 0 Å². The zero-order chi connectivity index (χ0) is 18.9. The zero-order valence-corrected chi connectivity index (χ0v) is 14.6. The Morgan fingerprint density at radius 2 is 1.62 bits per heavy atom. The highest BCUT2D eigenvalue weighted by Gasteiger charge is 2.30. The number of rotatable bonds is 4. The van der Waals surface area contributed by atoms with Gasteiger partial charge in [0, 0.05) is 19.7 Å². The molecule has 2 aromatic carbocycles. The van der Waals surface area contributed by atoms with Gasteiger partial charge in [-0.3, -0.25) is 0 Å². The van der Waals surface area contributed by atoms with E-state index in [2.05, 4.69) is 0 Å². The second kappa shape index (κ2) is 6.81. The highest BCUT2D eigenvalue weighted by molar-refractivity contribution is 7.89. The molecule has 0 saturated carbocycles. The second-order valence-electron chi connectivity index (χ2n) is 5.76. The number of halogens is 3. The van der Waals surface area contributed by atoms with Gasteiger partial charge in [0.15, 0.2) is 11.5 Å². The van der Waals surface area contributed by atoms with Crippen molar-refractivity contribution in [1.29, 1.82) is 0 Å². The van der Waals surface area contributed by atoms with Gasteiger partial charge in [0.2, 0.25) is 10.0 Å². The summed E-state index contributed by atoms with van der Waals surface area (Å²) in [6, 6.07) is 8.70. The van der Waals surface area contributed by atoms with Gasteiger partial charge in [-0.25, -0.2) is 8.42 Å². The quantitative estimate of drug-likeness (QED) is 0.808. The van der Waals surface area contributed by atoms with Crippen LogP contribution in [0.1, 0.15) is 11.1 Å². The summed E-state index contributed by atoms with van der Waals surface area (Å²) < 4.78 is 75.0. The van der Waals surface area contributed by atoms with E-state index in [1.807, 2.05) is 0 Å². The molecule has 0 fully saturated rings. The smallest absolute Gasteiger partial charge is 0.416 e. The number of hydrogen-bond donors (Lipinski definition) is 0. The van der Waals surface area contributed by atoms with E-state index in [9.17, 15) is 21.6 Å². The first kappa shape index (κ1) is 18.5. The molecule has 3 rings (SSSR count). The Morgan fingerprint density at radius 3 is 2.23 bits per heavy atom. The van der Waals surface area contributed by atoms with Gasteiger partial charge in [0.25, 0.3) is 0 Å². The van der Waals surface area contributed by atoms with E-state index in [4.69, 9.17) is 9.47 Å². The summed E-state index contributed by atoms with van der Waals surface area (Å²) in [5.74, 6) is 0.820. The van der Waals surface area contributed by atoms with Crippen molar-refractivity contribution in [3.63, 3.8) is 0 Å². The molecule has 1 heterocycles. The molecule has 0 N–H and O–H groups in total. The number of nitrogens with zero attached hydrogens (tertiary/aromatic N) is 1. The SMILES string of the molecule is CN(Cc1ccc(C(F)(F)F)cc1)S(=O)(=O)c1ccc2c(c1)OCCO2. The van der Waals surface area contributed by atoms with Gasteiger partial charge < -0.3 is 9.47 Å². The molecular weight excluding hydrogens is 371 g/mol. The standard InChI is InChI=1S/C17H16F3NO4S/c1-21(11-12-2-4-13(5-3-12)17(18,19)20)26(22,23)14-6-7-15-16(10-14)25-9-8-24-15/h2-7,10H,8-9,11H2,1H3. The summed E-state index contributed by atoms with van der Waals surface area (Å²) in [5, 5.41) is 0. The van der Waals surface area contributed by atoms with Crippen molar-refractivity contribution in [2.75, 3.05) is 20.3 Å². The Balaban J connectivity index is 1.79. The van der Waals surface area contributed by atoms with E-state index in [-0.39, 0.29) is 11.4 Å². The van der Waals surface area contributed by atoms with Crippen LogP contribution in [0.25, 0.3) is 0 Å². The van der Waals surface area contributed by atoms with Crippen molar-refractivity contribution >= 4 is 10.0 Å². The fraction of sp³-hybridized carbons (Fsp3) is 0.294. The summed E-state index contributed by atoms with van der Waals surface area (Å²) >= 11 is 0. The molecular formula is C17H16F3NO4S. The lowest BCUT2D eigenvalue weighted by atomic mass is 10.1. The fourth-order valence-corrected chi connectivity index (χ4v) is 3.68. The van der Waals surface area contributed by atoms with Crippen LogP contribution >= 0.6 is 0 Å². The van der Waals surface area contributed by atoms with Crippen LogP contribution < -0.4 is 9.47 Å². The average molecular weight is 387 g/mol. The van der Waals surface area contributed by atoms with E-state index < -0.39 is 21.8 Å². The van der Waals surface area contributed by atoms with Gasteiger partial charge >= 0.3 is 6.18 Å². The third-order valence-corrected chi connectivity index (χ3v) is 5.71. The number of hydrogen-bond acceptors (Lipinski definition) is 4. The molecule has 0 radical (unpaired) electrons. The Hall–Kier alpha value is -2.26. The maximum absolute atomic E-state index is 12.7. The number of ether oxygens (including phenoxy) is 2. The van der Waals surface area contributed by atoms with Crippen LogP contribution in [-0.4, -0.2) is 33.0 Å².